The summed E-state index contributed by atoms with van der Waals surface area (Å²) < 4.78 is 20.3. The van der Waals surface area contributed by atoms with Crippen LogP contribution in [0.5, 0.6) is 0 Å². The Bertz CT molecular complexity index is 487. The minimum Gasteiger partial charge on any atom is -0.375 e. The maximum absolute atomic E-state index is 14.4. The van der Waals surface area contributed by atoms with E-state index in [-0.39, 0.29) is 17.5 Å². The molecule has 2 fully saturated rings. The maximum Gasteiger partial charge on any atom is 0.130 e. The fourth-order valence-electron chi connectivity index (χ4n) is 3.66. The van der Waals surface area contributed by atoms with Gasteiger partial charge in [0.1, 0.15) is 5.82 Å². The monoisotopic (exact) mass is 278 g/mol. The van der Waals surface area contributed by atoms with Crippen LogP contribution in [0.2, 0.25) is 0 Å². The average Bonchev–Trinajstić information content (AvgIpc) is 2.43. The number of hydrazine groups is 1. The van der Waals surface area contributed by atoms with E-state index in [0.29, 0.717) is 17.0 Å². The van der Waals surface area contributed by atoms with E-state index < -0.39 is 0 Å². The van der Waals surface area contributed by atoms with Gasteiger partial charge in [-0.25, -0.2) is 4.39 Å². The minimum absolute atomic E-state index is 0.0539. The Morgan fingerprint density at radius 3 is 2.90 bits per heavy atom. The van der Waals surface area contributed by atoms with Gasteiger partial charge in [0.15, 0.2) is 0 Å². The summed E-state index contributed by atoms with van der Waals surface area (Å²) in [5.74, 6) is 5.95. The Kier molecular flexibility index (Phi) is 3.80. The molecule has 1 aliphatic carbocycles. The predicted molar refractivity (Wildman–Crippen MR) is 76.5 cm³/mol. The van der Waals surface area contributed by atoms with E-state index in [9.17, 15) is 4.39 Å². The molecule has 4 heteroatoms. The van der Waals surface area contributed by atoms with Crippen LogP contribution in [0.1, 0.15) is 49.3 Å². The number of aryl methyl sites for hydroxylation is 1. The SMILES string of the molecule is Cc1cccc(C(NN)C2CCOC3(CCC3)C2)c1F. The Hall–Kier alpha value is -0.970. The van der Waals surface area contributed by atoms with Crippen LogP contribution in [0.4, 0.5) is 4.39 Å². The number of halogens is 1. The highest BCUT2D eigenvalue weighted by molar-refractivity contribution is 5.28. The Labute approximate surface area is 119 Å². The van der Waals surface area contributed by atoms with Gasteiger partial charge in [-0.15, -0.1) is 0 Å². The van der Waals surface area contributed by atoms with Crippen molar-refractivity contribution >= 4 is 0 Å². The Morgan fingerprint density at radius 1 is 1.45 bits per heavy atom. The van der Waals surface area contributed by atoms with Gasteiger partial charge in [-0.3, -0.25) is 11.3 Å². The molecule has 1 saturated heterocycles. The van der Waals surface area contributed by atoms with Gasteiger partial charge in [0, 0.05) is 12.2 Å². The molecule has 20 heavy (non-hydrogen) atoms. The molecule has 110 valence electrons. The van der Waals surface area contributed by atoms with Gasteiger partial charge in [-0.2, -0.15) is 0 Å². The highest BCUT2D eigenvalue weighted by Gasteiger charge is 2.44. The standard InChI is InChI=1S/C16H23FN2O/c1-11-4-2-5-13(14(11)17)15(19-18)12-6-9-20-16(10-12)7-3-8-16/h2,4-5,12,15,19H,3,6-10,18H2,1H3. The first-order valence-electron chi connectivity index (χ1n) is 7.50. The van der Waals surface area contributed by atoms with E-state index in [4.69, 9.17) is 10.6 Å². The van der Waals surface area contributed by atoms with E-state index in [0.717, 1.165) is 32.3 Å². The first-order valence-corrected chi connectivity index (χ1v) is 7.50. The van der Waals surface area contributed by atoms with Crippen molar-refractivity contribution in [1.29, 1.82) is 0 Å². The zero-order chi connectivity index (χ0) is 14.2. The maximum atomic E-state index is 14.4. The summed E-state index contributed by atoms with van der Waals surface area (Å²) in [7, 11) is 0. The first-order chi connectivity index (χ1) is 9.65. The number of benzene rings is 1. The number of nitrogens with two attached hydrogens (primary N) is 1. The van der Waals surface area contributed by atoms with Crippen LogP contribution in [0.25, 0.3) is 0 Å². The summed E-state index contributed by atoms with van der Waals surface area (Å²) in [5.41, 5.74) is 4.26. The summed E-state index contributed by atoms with van der Waals surface area (Å²) in [6.07, 6.45) is 5.43. The molecule has 1 aliphatic heterocycles. The molecule has 1 saturated carbocycles. The lowest BCUT2D eigenvalue weighted by Crippen LogP contribution is -2.48. The summed E-state index contributed by atoms with van der Waals surface area (Å²) in [6.45, 7) is 2.56. The third-order valence-corrected chi connectivity index (χ3v) is 5.00. The lowest BCUT2D eigenvalue weighted by molar-refractivity contribution is -0.147. The van der Waals surface area contributed by atoms with E-state index in [2.05, 4.69) is 5.43 Å². The van der Waals surface area contributed by atoms with Gasteiger partial charge in [0.2, 0.25) is 0 Å². The number of rotatable bonds is 3. The van der Waals surface area contributed by atoms with E-state index >= 15 is 0 Å². The highest BCUT2D eigenvalue weighted by atomic mass is 19.1. The lowest BCUT2D eigenvalue weighted by atomic mass is 9.69. The fourth-order valence-corrected chi connectivity index (χ4v) is 3.66. The molecule has 2 atom stereocenters. The van der Waals surface area contributed by atoms with Crippen molar-refractivity contribution in [2.75, 3.05) is 6.61 Å². The molecule has 0 aromatic heterocycles. The third-order valence-electron chi connectivity index (χ3n) is 5.00. The first kappa shape index (κ1) is 14.0. The van der Waals surface area contributed by atoms with Crippen molar-refractivity contribution in [2.24, 2.45) is 11.8 Å². The van der Waals surface area contributed by atoms with Gasteiger partial charge < -0.3 is 4.74 Å². The number of hydrogen-bond donors (Lipinski definition) is 2. The quantitative estimate of drug-likeness (QED) is 0.660. The summed E-state index contributed by atoms with van der Waals surface area (Å²) in [4.78, 5) is 0. The molecule has 1 spiro atoms. The van der Waals surface area contributed by atoms with Crippen LogP contribution in [-0.4, -0.2) is 12.2 Å². The van der Waals surface area contributed by atoms with Crippen molar-refractivity contribution in [1.82, 2.24) is 5.43 Å². The van der Waals surface area contributed by atoms with Gasteiger partial charge in [0.05, 0.1) is 11.6 Å². The molecule has 0 amide bonds. The van der Waals surface area contributed by atoms with Gasteiger partial charge >= 0.3 is 0 Å². The second kappa shape index (κ2) is 5.43. The molecule has 0 bridgehead atoms. The molecule has 2 aliphatic rings. The van der Waals surface area contributed by atoms with Crippen LogP contribution < -0.4 is 11.3 Å². The normalized spacial score (nSPS) is 26.2. The van der Waals surface area contributed by atoms with Gasteiger partial charge in [-0.1, -0.05) is 18.2 Å². The molecular weight excluding hydrogens is 255 g/mol. The van der Waals surface area contributed by atoms with Crippen molar-refractivity contribution in [3.8, 4) is 0 Å². The largest absolute Gasteiger partial charge is 0.375 e. The molecule has 3 nitrogen and oxygen atoms in total. The summed E-state index contributed by atoms with van der Waals surface area (Å²) in [5, 5.41) is 0. The number of ether oxygens (including phenoxy) is 1. The van der Waals surface area contributed by atoms with Crippen LogP contribution in [0, 0.1) is 18.7 Å². The second-order valence-electron chi connectivity index (χ2n) is 6.26. The average molecular weight is 278 g/mol. The molecule has 1 aromatic rings. The van der Waals surface area contributed by atoms with E-state index in [1.165, 1.54) is 6.42 Å². The van der Waals surface area contributed by atoms with E-state index in [1.807, 2.05) is 12.1 Å². The predicted octanol–water partition coefficient (Wildman–Crippen LogP) is 2.99. The molecular formula is C16H23FN2O. The molecule has 0 radical (unpaired) electrons. The fraction of sp³-hybridized carbons (Fsp3) is 0.625. The van der Waals surface area contributed by atoms with Crippen LogP contribution in [0.3, 0.4) is 0 Å². The minimum atomic E-state index is -0.135. The van der Waals surface area contributed by atoms with E-state index in [1.54, 1.807) is 13.0 Å². The number of nitrogens with one attached hydrogen (secondary N) is 1. The summed E-state index contributed by atoms with van der Waals surface area (Å²) >= 11 is 0. The topological polar surface area (TPSA) is 47.3 Å². The zero-order valence-electron chi connectivity index (χ0n) is 12.0. The molecule has 2 unspecified atom stereocenters. The van der Waals surface area contributed by atoms with Crippen molar-refractivity contribution in [2.45, 2.75) is 50.7 Å². The molecule has 1 heterocycles. The van der Waals surface area contributed by atoms with Crippen LogP contribution >= 0.6 is 0 Å². The van der Waals surface area contributed by atoms with Gasteiger partial charge in [0.25, 0.3) is 0 Å². The lowest BCUT2D eigenvalue weighted by Gasteiger charge is -2.48. The van der Waals surface area contributed by atoms with Crippen LogP contribution in [0.15, 0.2) is 18.2 Å². The van der Waals surface area contributed by atoms with Gasteiger partial charge in [-0.05, 0) is 50.5 Å². The Morgan fingerprint density at radius 2 is 2.25 bits per heavy atom. The van der Waals surface area contributed by atoms with Crippen molar-refractivity contribution < 1.29 is 9.13 Å². The van der Waals surface area contributed by atoms with Crippen LogP contribution in [-0.2, 0) is 4.74 Å². The Balaban J connectivity index is 1.84. The smallest absolute Gasteiger partial charge is 0.130 e. The molecule has 1 aromatic carbocycles. The highest BCUT2D eigenvalue weighted by Crippen LogP contribution is 2.47. The van der Waals surface area contributed by atoms with Crippen molar-refractivity contribution in [3.05, 3.63) is 35.1 Å². The number of hydrogen-bond acceptors (Lipinski definition) is 3. The second-order valence-corrected chi connectivity index (χ2v) is 6.26. The zero-order valence-corrected chi connectivity index (χ0v) is 12.0. The third kappa shape index (κ3) is 2.36. The molecule has 3 rings (SSSR count). The molecule has 3 N–H and O–H groups in total. The van der Waals surface area contributed by atoms with Crippen molar-refractivity contribution in [3.63, 3.8) is 0 Å². The summed E-state index contributed by atoms with van der Waals surface area (Å²) in [6, 6.07) is 5.41.